The molecule has 0 spiro atoms. The van der Waals surface area contributed by atoms with E-state index in [2.05, 4.69) is 21.2 Å². The normalized spacial score (nSPS) is 20.4. The Kier molecular flexibility index (Phi) is 4.90. The van der Waals surface area contributed by atoms with Crippen LogP contribution in [0.1, 0.15) is 24.4 Å². The van der Waals surface area contributed by atoms with Gasteiger partial charge in [0.05, 0.1) is 6.10 Å². The third-order valence-electron chi connectivity index (χ3n) is 3.13. The van der Waals surface area contributed by atoms with E-state index in [-0.39, 0.29) is 6.10 Å². The summed E-state index contributed by atoms with van der Waals surface area (Å²) < 4.78 is 19.4. The van der Waals surface area contributed by atoms with Crippen molar-refractivity contribution < 1.29 is 13.9 Å². The molecular formula is C13H16BrFN2O2. The lowest BCUT2D eigenvalue weighted by atomic mass is 10.1. The van der Waals surface area contributed by atoms with E-state index in [9.17, 15) is 9.18 Å². The minimum Gasteiger partial charge on any atom is -0.377 e. The maximum Gasteiger partial charge on any atom is 0.239 e. The highest BCUT2D eigenvalue weighted by molar-refractivity contribution is 9.10. The summed E-state index contributed by atoms with van der Waals surface area (Å²) in [5.74, 6) is -0.937. The summed E-state index contributed by atoms with van der Waals surface area (Å²) in [5, 5.41) is 3.05. The predicted octanol–water partition coefficient (Wildman–Crippen LogP) is 1.88. The van der Waals surface area contributed by atoms with E-state index in [0.717, 1.165) is 19.4 Å². The third-order valence-corrected chi connectivity index (χ3v) is 3.85. The Morgan fingerprint density at radius 3 is 3.05 bits per heavy atom. The lowest BCUT2D eigenvalue weighted by Gasteiger charge is -2.19. The molecule has 3 N–H and O–H groups in total. The van der Waals surface area contributed by atoms with Crippen molar-refractivity contribution in [3.8, 4) is 0 Å². The number of amides is 1. The van der Waals surface area contributed by atoms with Gasteiger partial charge in [0, 0.05) is 17.6 Å². The van der Waals surface area contributed by atoms with E-state index in [1.807, 2.05) is 0 Å². The topological polar surface area (TPSA) is 64.4 Å². The van der Waals surface area contributed by atoms with Crippen molar-refractivity contribution in [2.24, 2.45) is 5.73 Å². The summed E-state index contributed by atoms with van der Waals surface area (Å²) in [6, 6.07) is 3.47. The van der Waals surface area contributed by atoms with Crippen LogP contribution in [0.25, 0.3) is 0 Å². The number of carbonyl (C=O) groups excluding carboxylic acids is 1. The van der Waals surface area contributed by atoms with Crippen molar-refractivity contribution in [2.45, 2.75) is 25.0 Å². The Labute approximate surface area is 119 Å². The molecule has 0 radical (unpaired) electrons. The number of nitrogens with one attached hydrogen (secondary N) is 1. The largest absolute Gasteiger partial charge is 0.377 e. The van der Waals surface area contributed by atoms with Crippen LogP contribution in [0.2, 0.25) is 0 Å². The van der Waals surface area contributed by atoms with Gasteiger partial charge in [-0.15, -0.1) is 0 Å². The van der Waals surface area contributed by atoms with Crippen molar-refractivity contribution >= 4 is 21.8 Å². The van der Waals surface area contributed by atoms with Gasteiger partial charge in [0.25, 0.3) is 0 Å². The van der Waals surface area contributed by atoms with Crippen LogP contribution < -0.4 is 11.1 Å². The Morgan fingerprint density at radius 1 is 1.63 bits per heavy atom. The molecular weight excluding hydrogens is 315 g/mol. The van der Waals surface area contributed by atoms with Crippen LogP contribution in [0.4, 0.5) is 4.39 Å². The lowest BCUT2D eigenvalue weighted by Crippen LogP contribution is -2.38. The first-order valence-electron chi connectivity index (χ1n) is 6.17. The van der Waals surface area contributed by atoms with E-state index < -0.39 is 17.8 Å². The van der Waals surface area contributed by atoms with Gasteiger partial charge in [0.1, 0.15) is 11.9 Å². The number of hydrogen-bond acceptors (Lipinski definition) is 3. The zero-order chi connectivity index (χ0) is 13.8. The molecule has 0 saturated carbocycles. The number of rotatable bonds is 5. The molecule has 104 valence electrons. The molecule has 6 heteroatoms. The van der Waals surface area contributed by atoms with Crippen LogP contribution >= 0.6 is 15.9 Å². The molecule has 2 atom stereocenters. The molecule has 1 aliphatic heterocycles. The van der Waals surface area contributed by atoms with Crippen molar-refractivity contribution in [1.29, 1.82) is 0 Å². The third kappa shape index (κ3) is 3.75. The highest BCUT2D eigenvalue weighted by atomic mass is 79.9. The smallest absolute Gasteiger partial charge is 0.239 e. The van der Waals surface area contributed by atoms with Gasteiger partial charge in [0.2, 0.25) is 5.91 Å². The van der Waals surface area contributed by atoms with E-state index >= 15 is 0 Å². The zero-order valence-electron chi connectivity index (χ0n) is 10.4. The van der Waals surface area contributed by atoms with Gasteiger partial charge in [0.15, 0.2) is 0 Å². The lowest BCUT2D eigenvalue weighted by molar-refractivity contribution is -0.120. The summed E-state index contributed by atoms with van der Waals surface area (Å²) >= 11 is 3.31. The molecule has 2 rings (SSSR count). The van der Waals surface area contributed by atoms with Gasteiger partial charge in [-0.2, -0.15) is 0 Å². The Balaban J connectivity index is 2.10. The molecule has 1 aromatic rings. The minimum absolute atomic E-state index is 0.0918. The van der Waals surface area contributed by atoms with Crippen LogP contribution in [0.5, 0.6) is 0 Å². The highest BCUT2D eigenvalue weighted by Crippen LogP contribution is 2.25. The van der Waals surface area contributed by atoms with Crippen molar-refractivity contribution in [2.75, 3.05) is 13.2 Å². The fourth-order valence-corrected chi connectivity index (χ4v) is 2.63. The minimum atomic E-state index is -0.728. The molecule has 1 fully saturated rings. The average molecular weight is 331 g/mol. The van der Waals surface area contributed by atoms with Crippen molar-refractivity contribution in [3.63, 3.8) is 0 Å². The number of primary amides is 1. The molecule has 1 heterocycles. The summed E-state index contributed by atoms with van der Waals surface area (Å²) in [6.45, 7) is 1.27. The summed E-state index contributed by atoms with van der Waals surface area (Å²) in [6.07, 6.45) is 2.08. The fraction of sp³-hybridized carbons (Fsp3) is 0.462. The van der Waals surface area contributed by atoms with Gasteiger partial charge < -0.3 is 10.5 Å². The second kappa shape index (κ2) is 6.45. The first kappa shape index (κ1) is 14.4. The first-order valence-corrected chi connectivity index (χ1v) is 6.96. The maximum absolute atomic E-state index is 13.3. The SMILES string of the molecule is NC(=O)C(NCC1CCCO1)c1cc(F)ccc1Br. The van der Waals surface area contributed by atoms with E-state index in [1.165, 1.54) is 12.1 Å². The number of ether oxygens (including phenoxy) is 1. The molecule has 0 aliphatic carbocycles. The first-order chi connectivity index (χ1) is 9.08. The second-order valence-electron chi connectivity index (χ2n) is 4.54. The molecule has 1 saturated heterocycles. The molecule has 19 heavy (non-hydrogen) atoms. The number of hydrogen-bond donors (Lipinski definition) is 2. The van der Waals surface area contributed by atoms with Crippen molar-refractivity contribution in [3.05, 3.63) is 34.1 Å². The molecule has 1 aromatic carbocycles. The van der Waals surface area contributed by atoms with Crippen LogP contribution in [0, 0.1) is 5.82 Å². The van der Waals surface area contributed by atoms with E-state index in [1.54, 1.807) is 6.07 Å². The maximum atomic E-state index is 13.3. The molecule has 2 unspecified atom stereocenters. The summed E-state index contributed by atoms with van der Waals surface area (Å²) in [7, 11) is 0. The van der Waals surface area contributed by atoms with E-state index in [0.29, 0.717) is 16.6 Å². The van der Waals surface area contributed by atoms with Crippen LogP contribution in [0.15, 0.2) is 22.7 Å². The quantitative estimate of drug-likeness (QED) is 0.866. The number of halogens is 2. The zero-order valence-corrected chi connectivity index (χ0v) is 12.0. The van der Waals surface area contributed by atoms with Crippen LogP contribution in [-0.4, -0.2) is 25.2 Å². The Bertz CT molecular complexity index is 464. The van der Waals surface area contributed by atoms with Gasteiger partial charge in [-0.25, -0.2) is 4.39 Å². The summed E-state index contributed by atoms with van der Waals surface area (Å²) in [5.41, 5.74) is 5.89. The van der Waals surface area contributed by atoms with Gasteiger partial charge in [-0.1, -0.05) is 15.9 Å². The summed E-state index contributed by atoms with van der Waals surface area (Å²) in [4.78, 5) is 11.5. The standard InChI is InChI=1S/C13H16BrFN2O2/c14-11-4-3-8(15)6-10(11)12(13(16)18)17-7-9-2-1-5-19-9/h3-4,6,9,12,17H,1-2,5,7H2,(H2,16,18). The fourth-order valence-electron chi connectivity index (χ4n) is 2.15. The molecule has 0 bridgehead atoms. The van der Waals surface area contributed by atoms with E-state index in [4.69, 9.17) is 10.5 Å². The van der Waals surface area contributed by atoms with Gasteiger partial charge in [-0.3, -0.25) is 10.1 Å². The number of carbonyl (C=O) groups is 1. The Morgan fingerprint density at radius 2 is 2.42 bits per heavy atom. The van der Waals surface area contributed by atoms with Gasteiger partial charge in [-0.05, 0) is 36.6 Å². The molecule has 1 amide bonds. The highest BCUT2D eigenvalue weighted by Gasteiger charge is 2.23. The monoisotopic (exact) mass is 330 g/mol. The van der Waals surface area contributed by atoms with Crippen molar-refractivity contribution in [1.82, 2.24) is 5.32 Å². The predicted molar refractivity (Wildman–Crippen MR) is 73.0 cm³/mol. The van der Waals surface area contributed by atoms with Crippen LogP contribution in [-0.2, 0) is 9.53 Å². The molecule has 0 aromatic heterocycles. The second-order valence-corrected chi connectivity index (χ2v) is 5.40. The Hall–Kier alpha value is -0.980. The average Bonchev–Trinajstić information content (AvgIpc) is 2.86. The molecule has 4 nitrogen and oxygen atoms in total. The number of nitrogens with two attached hydrogens (primary N) is 1. The van der Waals surface area contributed by atoms with Gasteiger partial charge >= 0.3 is 0 Å². The molecule has 1 aliphatic rings. The number of benzene rings is 1. The van der Waals surface area contributed by atoms with Crippen LogP contribution in [0.3, 0.4) is 0 Å².